The molecule has 0 atom stereocenters. The Labute approximate surface area is 53.9 Å². The van der Waals surface area contributed by atoms with Crippen LogP contribution in [0.15, 0.2) is 0 Å². The van der Waals surface area contributed by atoms with Gasteiger partial charge >= 0.3 is 49.5 Å². The second kappa shape index (κ2) is 27.2. The maximum atomic E-state index is 8.34. The Bertz CT molecular complexity index is 6.00. The molecule has 0 rings (SSSR count). The number of rotatable bonds is 0. The summed E-state index contributed by atoms with van der Waals surface area (Å²) in [4.78, 5) is 0. The minimum atomic E-state index is 0. The number of halogens is 1. The van der Waals surface area contributed by atoms with Crippen molar-refractivity contribution in [2.45, 2.75) is 0 Å². The quantitative estimate of drug-likeness (QED) is 0.518. The number of hydrogen-bond donors (Lipinski definition) is 0. The van der Waals surface area contributed by atoms with Gasteiger partial charge in [-0.25, -0.2) is 0 Å². The van der Waals surface area contributed by atoms with Crippen LogP contribution >= 0.6 is 0 Å². The van der Waals surface area contributed by atoms with Crippen molar-refractivity contribution in [3.63, 3.8) is 0 Å². The third-order valence-corrected chi connectivity index (χ3v) is 0. The van der Waals surface area contributed by atoms with Crippen LogP contribution in [-0.2, 0) is 3.08 Å². The van der Waals surface area contributed by atoms with Crippen LogP contribution in [0.1, 0.15) is 0 Å². The Balaban J connectivity index is -0.00000000500. The second-order valence-electron chi connectivity index (χ2n) is 0. The van der Waals surface area contributed by atoms with Crippen molar-refractivity contribution in [3.8, 4) is 0 Å². The van der Waals surface area contributed by atoms with E-state index in [1.165, 1.54) is 0 Å². The predicted molar refractivity (Wildman–Crippen MR) is 16.1 cm³/mol. The Hall–Kier alpha value is 1.33. The van der Waals surface area contributed by atoms with E-state index in [-0.39, 0.29) is 28.6 Å². The molecule has 0 saturated carbocycles. The van der Waals surface area contributed by atoms with Crippen LogP contribution in [0.3, 0.4) is 0 Å². The summed E-state index contributed by atoms with van der Waals surface area (Å²) >= 11 is 0.300. The summed E-state index contributed by atoms with van der Waals surface area (Å²) in [7, 11) is 0. The molecule has 0 spiro atoms. The third-order valence-electron chi connectivity index (χ3n) is 0. The van der Waals surface area contributed by atoms with E-state index in [9.17, 15) is 0 Å². The van der Waals surface area contributed by atoms with Crippen molar-refractivity contribution < 1.29 is 7.78 Å². The SMILES string of the molecule is [F].[O]=[Sn].[SnH2]. The zero-order valence-electron chi connectivity index (χ0n) is 1.99. The summed E-state index contributed by atoms with van der Waals surface area (Å²) in [6.07, 6.45) is 0. The second-order valence-corrected chi connectivity index (χ2v) is 0. The first-order valence-corrected chi connectivity index (χ1v) is 1.37. The van der Waals surface area contributed by atoms with Crippen LogP contribution in [0.5, 0.6) is 0 Å². The van der Waals surface area contributed by atoms with E-state index in [1.54, 1.807) is 0 Å². The van der Waals surface area contributed by atoms with Crippen LogP contribution in [0.25, 0.3) is 0 Å². The van der Waals surface area contributed by atoms with Gasteiger partial charge in [0.15, 0.2) is 0 Å². The van der Waals surface area contributed by atoms with Gasteiger partial charge in [0, 0.05) is 4.70 Å². The van der Waals surface area contributed by atoms with E-state index in [2.05, 4.69) is 0 Å². The topological polar surface area (TPSA) is 17.1 Å². The first kappa shape index (κ1) is 18.4. The molecule has 4 heteroatoms. The van der Waals surface area contributed by atoms with E-state index in [0.717, 1.165) is 0 Å². The van der Waals surface area contributed by atoms with E-state index in [4.69, 9.17) is 3.08 Å². The predicted octanol–water partition coefficient (Wildman–Crippen LogP) is -0.996. The molecule has 0 aliphatic heterocycles. The van der Waals surface area contributed by atoms with Crippen molar-refractivity contribution in [2.75, 3.05) is 0 Å². The molecule has 0 aromatic heterocycles. The molecule has 0 aromatic carbocycles. The third kappa shape index (κ3) is 10.2. The molecule has 0 saturated heterocycles. The van der Waals surface area contributed by atoms with Gasteiger partial charge in [-0.05, 0) is 0 Å². The summed E-state index contributed by atoms with van der Waals surface area (Å²) < 4.78 is 8.34. The van der Waals surface area contributed by atoms with Crippen LogP contribution in [0, 0.1) is 0 Å². The number of hydrogen-bond acceptors (Lipinski definition) is 1. The molecule has 5 radical (unpaired) electrons. The minimum absolute atomic E-state index is 0. The van der Waals surface area contributed by atoms with Gasteiger partial charge in [-0.15, -0.1) is 0 Å². The molecular weight excluding hydrogens is 272 g/mol. The zero-order chi connectivity index (χ0) is 2.00. The fourth-order valence-electron chi connectivity index (χ4n) is 0. The monoisotopic (exact) mass is 277 g/mol. The average molecular weight is 274 g/mol. The molecule has 0 unspecified atom stereocenters. The molecule has 0 aromatic rings. The van der Waals surface area contributed by atoms with Crippen molar-refractivity contribution in [1.29, 1.82) is 0 Å². The zero-order valence-corrected chi connectivity index (χ0v) is 8.88. The maximum absolute atomic E-state index is 8.34. The van der Waals surface area contributed by atoms with Gasteiger partial charge in [0.25, 0.3) is 0 Å². The van der Waals surface area contributed by atoms with E-state index >= 15 is 0 Å². The van der Waals surface area contributed by atoms with Gasteiger partial charge in [-0.2, -0.15) is 0 Å². The summed E-state index contributed by atoms with van der Waals surface area (Å²) in [5.74, 6) is 0. The van der Waals surface area contributed by atoms with Crippen molar-refractivity contribution in [1.82, 2.24) is 0 Å². The van der Waals surface area contributed by atoms with Gasteiger partial charge in [0.2, 0.25) is 0 Å². The average Bonchev–Trinajstić information content (AvgIpc) is 1.00. The van der Waals surface area contributed by atoms with E-state index < -0.39 is 0 Å². The van der Waals surface area contributed by atoms with Crippen molar-refractivity contribution in [2.24, 2.45) is 0 Å². The Morgan fingerprint density at radius 2 is 1.25 bits per heavy atom. The molecule has 1 nitrogen and oxygen atoms in total. The molecule has 23 valence electrons. The standard InChI is InChI=1S/F.O.2Sn.2H. The van der Waals surface area contributed by atoms with Crippen molar-refractivity contribution >= 4 is 46.4 Å². The molecule has 0 bridgehead atoms. The van der Waals surface area contributed by atoms with Gasteiger partial charge in [0.1, 0.15) is 0 Å². The molecule has 0 fully saturated rings. The molecule has 0 aliphatic carbocycles. The first-order valence-electron chi connectivity index (χ1n) is 0.204. The van der Waals surface area contributed by atoms with Crippen LogP contribution in [0.2, 0.25) is 0 Å². The van der Waals surface area contributed by atoms with E-state index in [1.807, 2.05) is 0 Å². The van der Waals surface area contributed by atoms with Gasteiger partial charge < -0.3 is 0 Å². The fourth-order valence-corrected chi connectivity index (χ4v) is 0. The van der Waals surface area contributed by atoms with Crippen LogP contribution in [-0.4, -0.2) is 46.4 Å². The summed E-state index contributed by atoms with van der Waals surface area (Å²) in [5.41, 5.74) is 0. The Kier molecular flexibility index (Phi) is 125. The molecule has 4 heavy (non-hydrogen) atoms. The van der Waals surface area contributed by atoms with Gasteiger partial charge in [-0.3, -0.25) is 0 Å². The first-order chi connectivity index (χ1) is 1.00. The summed E-state index contributed by atoms with van der Waals surface area (Å²) in [6, 6.07) is 0. The van der Waals surface area contributed by atoms with Crippen molar-refractivity contribution in [3.05, 3.63) is 0 Å². The van der Waals surface area contributed by atoms with Gasteiger partial charge in [0.05, 0.1) is 0 Å². The van der Waals surface area contributed by atoms with E-state index in [0.29, 0.717) is 22.5 Å². The van der Waals surface area contributed by atoms with Gasteiger partial charge in [-0.1, -0.05) is 0 Å². The molecule has 0 N–H and O–H groups in total. The summed E-state index contributed by atoms with van der Waals surface area (Å²) in [6.45, 7) is 0. The molecule has 0 aliphatic rings. The molecule has 0 heterocycles. The van der Waals surface area contributed by atoms with Crippen LogP contribution < -0.4 is 0 Å². The molecule has 0 amide bonds. The Morgan fingerprint density at radius 1 is 1.25 bits per heavy atom. The van der Waals surface area contributed by atoms with Crippen LogP contribution in [0.4, 0.5) is 4.70 Å². The molecular formula is H2FOSn2. The Morgan fingerprint density at radius 3 is 1.25 bits per heavy atom. The fraction of sp³-hybridized carbons (Fsp3) is 0. The summed E-state index contributed by atoms with van der Waals surface area (Å²) in [5, 5.41) is 0. The normalized spacial score (nSPS) is 1.00.